The fourth-order valence-corrected chi connectivity index (χ4v) is 10.9. The number of aryl methyl sites for hydroxylation is 2. The zero-order chi connectivity index (χ0) is 55.2. The van der Waals surface area contributed by atoms with Crippen LogP contribution in [0, 0.1) is 10.8 Å². The van der Waals surface area contributed by atoms with Gasteiger partial charge in [-0.2, -0.15) is 0 Å². The van der Waals surface area contributed by atoms with Crippen molar-refractivity contribution >= 4 is 47.3 Å². The van der Waals surface area contributed by atoms with Crippen LogP contribution in [0.15, 0.2) is 72.8 Å². The standard InChI is InChI=1S/C58H80N10O8/c1-33(59-9)49(69)65-47(57(3,4)5)55(75)67-31-39(29-45(67)53(73)63-43-23-15-19-35-17-11-13-21-41(35)43)61-51(71)37-25-27-38(28-26-37)52(72)62-40-30-46(54(74)64-44-24-16-20-36-18-12-14-22-42(36)44)68(32-40)56(76)48(58(6,7)8)66-50(70)34(2)60-10/h11-14,17-18,21-22,25-28,33-34,39-40,43-48,59-60H,15-16,19-20,23-24,29-32H2,1-10H3,(H,61,71)(H,62,72)(H,63,73)(H,64,74)(H,65,69)(H,66,70)/t33-,34-,39+,40+,43+,44+,45-,46-,47+,48+/m0/s1. The van der Waals surface area contributed by atoms with E-state index in [1.807, 2.05) is 77.9 Å². The highest BCUT2D eigenvalue weighted by molar-refractivity contribution is 5.99. The lowest BCUT2D eigenvalue weighted by atomic mass is 9.85. The molecule has 0 aromatic heterocycles. The van der Waals surface area contributed by atoms with Crippen LogP contribution in [0.3, 0.4) is 0 Å². The van der Waals surface area contributed by atoms with Gasteiger partial charge < -0.3 is 52.3 Å². The largest absolute Gasteiger partial charge is 0.347 e. The minimum Gasteiger partial charge on any atom is -0.347 e. The van der Waals surface area contributed by atoms with Crippen molar-refractivity contribution in [3.8, 4) is 0 Å². The molecule has 2 heterocycles. The summed E-state index contributed by atoms with van der Waals surface area (Å²) in [5.74, 6) is -3.23. The maximum Gasteiger partial charge on any atom is 0.251 e. The molecular formula is C58H80N10O8. The van der Waals surface area contributed by atoms with Gasteiger partial charge in [-0.25, -0.2) is 0 Å². The van der Waals surface area contributed by atoms with Crippen molar-refractivity contribution in [2.75, 3.05) is 27.2 Å². The molecule has 10 atom stereocenters. The number of carbonyl (C=O) groups excluding carboxylic acids is 8. The minimum atomic E-state index is -0.981. The van der Waals surface area contributed by atoms with Crippen molar-refractivity contribution in [3.05, 3.63) is 106 Å². The molecule has 0 spiro atoms. The SMILES string of the molecule is CN[C@@H](C)C(=O)N[C@H](C(=O)N1C[C@H](NC(=O)c2ccc(C(=O)N[C@@H]3C[C@@H](C(=O)N[C@@H]4CCCc5ccccc54)N(C(=O)[C@@H](NC(=O)[C@H](C)NC)C(C)(C)C)C3)cc2)C[C@H]1C(=O)N[C@@H]1CCCc2ccccc21)C(C)(C)C. The number of fused-ring (bicyclic) bond motifs is 2. The Balaban J connectivity index is 1.06. The first kappa shape index (κ1) is 57.1. The molecule has 18 nitrogen and oxygen atoms in total. The number of rotatable bonds is 16. The smallest absolute Gasteiger partial charge is 0.251 e. The van der Waals surface area contributed by atoms with Crippen LogP contribution >= 0.6 is 0 Å². The van der Waals surface area contributed by atoms with Crippen molar-refractivity contribution in [1.82, 2.24) is 52.3 Å². The number of hydrogen-bond donors (Lipinski definition) is 8. The van der Waals surface area contributed by atoms with Gasteiger partial charge >= 0.3 is 0 Å². The van der Waals surface area contributed by atoms with Gasteiger partial charge in [-0.3, -0.25) is 38.4 Å². The molecule has 0 saturated carbocycles. The van der Waals surface area contributed by atoms with Gasteiger partial charge in [-0.1, -0.05) is 90.1 Å². The molecule has 2 aliphatic heterocycles. The topological polar surface area (TPSA) is 239 Å². The molecule has 0 bridgehead atoms. The second-order valence-electron chi connectivity index (χ2n) is 23.3. The zero-order valence-corrected chi connectivity index (χ0v) is 45.9. The monoisotopic (exact) mass is 1040 g/mol. The predicted octanol–water partition coefficient (Wildman–Crippen LogP) is 3.75. The molecule has 76 heavy (non-hydrogen) atoms. The molecule has 18 heteroatoms. The van der Waals surface area contributed by atoms with Gasteiger partial charge in [0.05, 0.1) is 24.2 Å². The van der Waals surface area contributed by atoms with Gasteiger partial charge in [0.15, 0.2) is 0 Å². The lowest BCUT2D eigenvalue weighted by Crippen LogP contribution is -2.59. The van der Waals surface area contributed by atoms with E-state index in [1.54, 1.807) is 27.9 Å². The molecular weight excluding hydrogens is 965 g/mol. The predicted molar refractivity (Wildman–Crippen MR) is 290 cm³/mol. The first-order valence-corrected chi connectivity index (χ1v) is 27.0. The van der Waals surface area contributed by atoms with Crippen molar-refractivity contribution in [2.24, 2.45) is 10.8 Å². The van der Waals surface area contributed by atoms with E-state index < -0.39 is 82.8 Å². The van der Waals surface area contributed by atoms with Crippen molar-refractivity contribution < 1.29 is 38.4 Å². The average molecular weight is 1050 g/mol. The van der Waals surface area contributed by atoms with E-state index in [-0.39, 0.29) is 72.8 Å². The number of nitrogens with zero attached hydrogens (tertiary/aromatic N) is 2. The van der Waals surface area contributed by atoms with Gasteiger partial charge in [0, 0.05) is 36.3 Å². The number of likely N-dealkylation sites (N-methyl/N-ethyl adjacent to an activating group) is 2. The van der Waals surface area contributed by atoms with Gasteiger partial charge in [-0.05, 0) is 137 Å². The average Bonchev–Trinajstić information content (AvgIpc) is 4.03. The van der Waals surface area contributed by atoms with Gasteiger partial charge in [0.1, 0.15) is 24.2 Å². The maximum atomic E-state index is 14.6. The molecule has 0 unspecified atom stereocenters. The molecule has 2 aliphatic carbocycles. The second-order valence-corrected chi connectivity index (χ2v) is 23.3. The minimum absolute atomic E-state index is 0.0141. The third-order valence-corrected chi connectivity index (χ3v) is 15.7. The van der Waals surface area contributed by atoms with Crippen LogP contribution in [0.4, 0.5) is 0 Å². The Hall–Kier alpha value is -6.66. The van der Waals surface area contributed by atoms with Gasteiger partial charge in [0.2, 0.25) is 35.4 Å². The van der Waals surface area contributed by atoms with Crippen LogP contribution in [-0.2, 0) is 41.6 Å². The Bertz CT molecular complexity index is 2470. The molecule has 7 rings (SSSR count). The molecule has 0 radical (unpaired) electrons. The van der Waals surface area contributed by atoms with Crippen LogP contribution < -0.4 is 42.5 Å². The lowest BCUT2D eigenvalue weighted by Gasteiger charge is -2.36. The number of amides is 8. The van der Waals surface area contributed by atoms with Gasteiger partial charge in [-0.15, -0.1) is 0 Å². The van der Waals surface area contributed by atoms with E-state index in [0.717, 1.165) is 49.7 Å². The van der Waals surface area contributed by atoms with Crippen LogP contribution in [0.25, 0.3) is 0 Å². The van der Waals surface area contributed by atoms with E-state index in [9.17, 15) is 38.4 Å². The van der Waals surface area contributed by atoms with Crippen molar-refractivity contribution in [3.63, 3.8) is 0 Å². The normalized spacial score (nSPS) is 22.9. The van der Waals surface area contributed by atoms with E-state index in [2.05, 4.69) is 54.7 Å². The van der Waals surface area contributed by atoms with Gasteiger partial charge in [0.25, 0.3) is 11.8 Å². The summed E-state index contributed by atoms with van der Waals surface area (Å²) in [7, 11) is 3.31. The van der Waals surface area contributed by atoms with E-state index >= 15 is 0 Å². The van der Waals surface area contributed by atoms with Crippen LogP contribution in [0.1, 0.15) is 149 Å². The Kier molecular flexibility index (Phi) is 18.1. The second kappa shape index (κ2) is 24.1. The fourth-order valence-electron chi connectivity index (χ4n) is 10.9. The van der Waals surface area contributed by atoms with Crippen LogP contribution in [-0.4, -0.2) is 133 Å². The fraction of sp³-hybridized carbons (Fsp3) is 0.552. The number of nitrogens with one attached hydrogen (secondary N) is 8. The van der Waals surface area contributed by atoms with Crippen LogP contribution in [0.2, 0.25) is 0 Å². The zero-order valence-electron chi connectivity index (χ0n) is 45.9. The summed E-state index contributed by atoms with van der Waals surface area (Å²) in [4.78, 5) is 115. The number of carbonyl (C=O) groups is 8. The number of likely N-dealkylation sites (tertiary alicyclic amines) is 2. The molecule has 8 amide bonds. The third kappa shape index (κ3) is 13.3. The molecule has 410 valence electrons. The maximum absolute atomic E-state index is 14.6. The summed E-state index contributed by atoms with van der Waals surface area (Å²) in [6.07, 6.45) is 5.33. The highest BCUT2D eigenvalue weighted by Gasteiger charge is 2.48. The summed E-state index contributed by atoms with van der Waals surface area (Å²) in [6, 6.07) is 15.3. The Labute approximate surface area is 447 Å². The molecule has 3 aromatic rings. The first-order chi connectivity index (χ1) is 36.0. The molecule has 3 aromatic carbocycles. The Morgan fingerprint density at radius 1 is 0.513 bits per heavy atom. The number of hydrogen-bond acceptors (Lipinski definition) is 10. The Morgan fingerprint density at radius 2 is 0.868 bits per heavy atom. The van der Waals surface area contributed by atoms with Crippen molar-refractivity contribution in [2.45, 2.75) is 167 Å². The molecule has 4 aliphatic rings. The quantitative estimate of drug-likeness (QED) is 0.103. The van der Waals surface area contributed by atoms with E-state index in [0.29, 0.717) is 0 Å². The first-order valence-electron chi connectivity index (χ1n) is 27.0. The number of benzene rings is 3. The highest BCUT2D eigenvalue weighted by atomic mass is 16.2. The molecule has 2 fully saturated rings. The van der Waals surface area contributed by atoms with Crippen molar-refractivity contribution in [1.29, 1.82) is 0 Å². The van der Waals surface area contributed by atoms with E-state index in [4.69, 9.17) is 0 Å². The summed E-state index contributed by atoms with van der Waals surface area (Å²) in [5.41, 5.74) is 3.44. The molecule has 8 N–H and O–H groups in total. The van der Waals surface area contributed by atoms with E-state index in [1.165, 1.54) is 45.2 Å². The molecule has 2 saturated heterocycles. The summed E-state index contributed by atoms with van der Waals surface area (Å²) in [5, 5.41) is 24.1. The van der Waals surface area contributed by atoms with Crippen LogP contribution in [0.5, 0.6) is 0 Å². The summed E-state index contributed by atoms with van der Waals surface area (Å²) >= 11 is 0. The summed E-state index contributed by atoms with van der Waals surface area (Å²) < 4.78 is 0. The third-order valence-electron chi connectivity index (χ3n) is 15.7. The summed E-state index contributed by atoms with van der Waals surface area (Å²) in [6.45, 7) is 14.5. The lowest BCUT2D eigenvalue weighted by molar-refractivity contribution is -0.144. The Morgan fingerprint density at radius 3 is 1.21 bits per heavy atom. The highest BCUT2D eigenvalue weighted by Crippen LogP contribution is 2.34.